The molecule has 1 aromatic heterocycles. The average molecular weight is 208 g/mol. The fourth-order valence-electron chi connectivity index (χ4n) is 1.38. The van der Waals surface area contributed by atoms with E-state index in [4.69, 9.17) is 10.0 Å². The van der Waals surface area contributed by atoms with Crippen LogP contribution in [0.1, 0.15) is 4.88 Å². The molecule has 0 radical (unpaired) electrons. The maximum absolute atomic E-state index is 9.61. The highest BCUT2D eigenvalue weighted by Gasteiger charge is 2.14. The summed E-state index contributed by atoms with van der Waals surface area (Å²) < 4.78 is 0.866. The first-order valence-corrected chi connectivity index (χ1v) is 4.99. The highest BCUT2D eigenvalue weighted by atomic mass is 32.1. The summed E-state index contributed by atoms with van der Waals surface area (Å²) in [6, 6.07) is 4.97. The fraction of sp³-hybridized carbons (Fsp3) is 0.111. The summed E-state index contributed by atoms with van der Waals surface area (Å²) >= 11 is 1.44. The van der Waals surface area contributed by atoms with Crippen LogP contribution in [0.15, 0.2) is 18.2 Å². The smallest absolute Gasteiger partial charge is 0.488 e. The van der Waals surface area contributed by atoms with Gasteiger partial charge in [-0.15, -0.1) is 11.3 Å². The minimum atomic E-state index is -1.45. The summed E-state index contributed by atoms with van der Waals surface area (Å²) in [7, 11) is -1.45. The number of thiophene rings is 1. The van der Waals surface area contributed by atoms with Crippen LogP contribution < -0.4 is 5.46 Å². The maximum Gasteiger partial charge on any atom is 0.488 e. The molecule has 1 heterocycles. The second-order valence-corrected chi connectivity index (χ2v) is 4.39. The SMILES string of the molecule is Cc1sc2cc(B(O)O)ccc2c1O. The molecule has 14 heavy (non-hydrogen) atoms. The number of hydrogen-bond acceptors (Lipinski definition) is 4. The number of fused-ring (bicyclic) bond motifs is 1. The molecule has 2 rings (SSSR count). The molecule has 0 spiro atoms. The van der Waals surface area contributed by atoms with Crippen LogP contribution in [0.2, 0.25) is 0 Å². The Hall–Kier alpha value is -1.04. The van der Waals surface area contributed by atoms with E-state index in [1.165, 1.54) is 11.3 Å². The molecule has 0 unspecified atom stereocenters. The lowest BCUT2D eigenvalue weighted by atomic mass is 9.80. The van der Waals surface area contributed by atoms with Crippen molar-refractivity contribution in [3.05, 3.63) is 23.1 Å². The molecule has 72 valence electrons. The first-order chi connectivity index (χ1) is 6.59. The van der Waals surface area contributed by atoms with Gasteiger partial charge in [0.15, 0.2) is 0 Å². The molecular formula is C9H9BO3S. The summed E-state index contributed by atoms with van der Waals surface area (Å²) in [6.07, 6.45) is 0. The number of hydrogen-bond donors (Lipinski definition) is 3. The molecule has 0 aliphatic heterocycles. The third kappa shape index (κ3) is 1.39. The third-order valence-corrected chi connectivity index (χ3v) is 3.21. The Morgan fingerprint density at radius 3 is 2.64 bits per heavy atom. The van der Waals surface area contributed by atoms with Crippen LogP contribution >= 0.6 is 11.3 Å². The molecular weight excluding hydrogens is 199 g/mol. The van der Waals surface area contributed by atoms with E-state index in [2.05, 4.69) is 0 Å². The zero-order chi connectivity index (χ0) is 10.3. The van der Waals surface area contributed by atoms with Crippen LogP contribution in [-0.2, 0) is 0 Å². The van der Waals surface area contributed by atoms with Gasteiger partial charge in [0.05, 0.1) is 0 Å². The van der Waals surface area contributed by atoms with E-state index < -0.39 is 7.12 Å². The summed E-state index contributed by atoms with van der Waals surface area (Å²) in [5.41, 5.74) is 0.443. The van der Waals surface area contributed by atoms with Gasteiger partial charge in [0, 0.05) is 15.0 Å². The first-order valence-electron chi connectivity index (χ1n) is 4.17. The Morgan fingerprint density at radius 1 is 1.29 bits per heavy atom. The monoisotopic (exact) mass is 208 g/mol. The van der Waals surface area contributed by atoms with Crippen LogP contribution in [0.4, 0.5) is 0 Å². The van der Waals surface area contributed by atoms with Gasteiger partial charge in [-0.3, -0.25) is 0 Å². The van der Waals surface area contributed by atoms with Gasteiger partial charge in [-0.2, -0.15) is 0 Å². The normalized spacial score (nSPS) is 10.8. The lowest BCUT2D eigenvalue weighted by Crippen LogP contribution is -2.29. The molecule has 0 aliphatic rings. The maximum atomic E-state index is 9.61. The van der Waals surface area contributed by atoms with Crippen molar-refractivity contribution in [1.29, 1.82) is 0 Å². The van der Waals surface area contributed by atoms with Crippen molar-refractivity contribution < 1.29 is 15.2 Å². The molecule has 3 N–H and O–H groups in total. The Bertz CT molecular complexity index is 478. The van der Waals surface area contributed by atoms with Crippen molar-refractivity contribution in [2.45, 2.75) is 6.92 Å². The zero-order valence-corrected chi connectivity index (χ0v) is 8.38. The summed E-state index contributed by atoms with van der Waals surface area (Å²) in [5, 5.41) is 28.3. The van der Waals surface area contributed by atoms with E-state index in [9.17, 15) is 5.11 Å². The lowest BCUT2D eigenvalue weighted by molar-refractivity contribution is 0.426. The van der Waals surface area contributed by atoms with E-state index in [-0.39, 0.29) is 5.75 Å². The third-order valence-electron chi connectivity index (χ3n) is 2.16. The Morgan fingerprint density at radius 2 is 2.00 bits per heavy atom. The van der Waals surface area contributed by atoms with E-state index in [1.807, 2.05) is 6.92 Å². The predicted molar refractivity (Wildman–Crippen MR) is 58.1 cm³/mol. The highest BCUT2D eigenvalue weighted by Crippen LogP contribution is 2.35. The molecule has 3 nitrogen and oxygen atoms in total. The van der Waals surface area contributed by atoms with Gasteiger partial charge in [0.25, 0.3) is 0 Å². The van der Waals surface area contributed by atoms with E-state index >= 15 is 0 Å². The molecule has 0 amide bonds. The Balaban J connectivity index is 2.67. The predicted octanol–water partition coefficient (Wildman–Crippen LogP) is 0.595. The summed E-state index contributed by atoms with van der Waals surface area (Å²) in [5.74, 6) is 0.281. The molecule has 2 aromatic rings. The van der Waals surface area contributed by atoms with Crippen LogP contribution in [0.5, 0.6) is 5.75 Å². The van der Waals surface area contributed by atoms with Gasteiger partial charge in [-0.1, -0.05) is 12.1 Å². The van der Waals surface area contributed by atoms with Crippen molar-refractivity contribution in [2.75, 3.05) is 0 Å². The number of benzene rings is 1. The van der Waals surface area contributed by atoms with E-state index in [0.717, 1.165) is 15.0 Å². The van der Waals surface area contributed by atoms with Crippen molar-refractivity contribution >= 4 is 34.0 Å². The van der Waals surface area contributed by atoms with Crippen LogP contribution in [-0.4, -0.2) is 22.3 Å². The van der Waals surface area contributed by atoms with Gasteiger partial charge in [-0.25, -0.2) is 0 Å². The van der Waals surface area contributed by atoms with Crippen molar-refractivity contribution in [3.63, 3.8) is 0 Å². The zero-order valence-electron chi connectivity index (χ0n) is 7.56. The topological polar surface area (TPSA) is 60.7 Å². The van der Waals surface area contributed by atoms with Crippen LogP contribution in [0.25, 0.3) is 10.1 Å². The number of rotatable bonds is 1. The van der Waals surface area contributed by atoms with Crippen LogP contribution in [0.3, 0.4) is 0 Å². The highest BCUT2D eigenvalue weighted by molar-refractivity contribution is 7.19. The molecule has 1 aromatic carbocycles. The van der Waals surface area contributed by atoms with Gasteiger partial charge in [0.2, 0.25) is 0 Å². The van der Waals surface area contributed by atoms with Crippen molar-refractivity contribution in [3.8, 4) is 5.75 Å². The van der Waals surface area contributed by atoms with Gasteiger partial charge >= 0.3 is 7.12 Å². The second-order valence-electron chi connectivity index (χ2n) is 3.14. The summed E-state index contributed by atoms with van der Waals surface area (Å²) in [6.45, 7) is 1.83. The van der Waals surface area contributed by atoms with E-state index in [0.29, 0.717) is 5.46 Å². The van der Waals surface area contributed by atoms with Gasteiger partial charge in [-0.05, 0) is 18.5 Å². The van der Waals surface area contributed by atoms with Crippen LogP contribution in [0, 0.1) is 6.92 Å². The number of aryl methyl sites for hydroxylation is 1. The van der Waals surface area contributed by atoms with Crippen molar-refractivity contribution in [1.82, 2.24) is 0 Å². The van der Waals surface area contributed by atoms with E-state index in [1.54, 1.807) is 18.2 Å². The number of aromatic hydroxyl groups is 1. The molecule has 0 atom stereocenters. The molecule has 0 saturated carbocycles. The molecule has 0 bridgehead atoms. The van der Waals surface area contributed by atoms with Crippen molar-refractivity contribution in [2.24, 2.45) is 0 Å². The summed E-state index contributed by atoms with van der Waals surface area (Å²) in [4.78, 5) is 0.838. The molecule has 0 aliphatic carbocycles. The Kier molecular flexibility index (Phi) is 2.22. The Labute approximate surface area is 85.4 Å². The first kappa shape index (κ1) is 9.52. The minimum absolute atomic E-state index is 0.281. The molecule has 5 heteroatoms. The minimum Gasteiger partial charge on any atom is -0.506 e. The average Bonchev–Trinajstić information content (AvgIpc) is 2.42. The largest absolute Gasteiger partial charge is 0.506 e. The van der Waals surface area contributed by atoms with Gasteiger partial charge in [0.1, 0.15) is 5.75 Å². The molecule has 0 saturated heterocycles. The van der Waals surface area contributed by atoms with Gasteiger partial charge < -0.3 is 15.2 Å². The standard InChI is InChI=1S/C9H9BO3S/c1-5-9(11)7-3-2-6(10(12)13)4-8(7)14-5/h2-4,11-13H,1H3. The quantitative estimate of drug-likeness (QED) is 0.601. The second kappa shape index (κ2) is 3.27. The lowest BCUT2D eigenvalue weighted by Gasteiger charge is -1.98. The fourth-order valence-corrected chi connectivity index (χ4v) is 2.39. The molecule has 0 fully saturated rings.